The van der Waals surface area contributed by atoms with Crippen LogP contribution in [-0.4, -0.2) is 70.9 Å². The highest BCUT2D eigenvalue weighted by Gasteiger charge is 2.29. The minimum Gasteiger partial charge on any atom is -0.336 e. The van der Waals surface area contributed by atoms with Gasteiger partial charge in [0.15, 0.2) is 0 Å². The third-order valence-corrected chi connectivity index (χ3v) is 4.28. The fourth-order valence-corrected chi connectivity index (χ4v) is 2.71. The van der Waals surface area contributed by atoms with Crippen LogP contribution in [0.4, 0.5) is 10.6 Å². The van der Waals surface area contributed by atoms with E-state index in [1.54, 1.807) is 4.68 Å². The summed E-state index contributed by atoms with van der Waals surface area (Å²) in [4.78, 5) is 16.8. The molecule has 0 radical (unpaired) electrons. The molecule has 124 valence electrons. The molecule has 22 heavy (non-hydrogen) atoms. The van der Waals surface area contributed by atoms with E-state index in [-0.39, 0.29) is 11.6 Å². The molecule has 7 heteroatoms. The van der Waals surface area contributed by atoms with Crippen LogP contribution in [0.15, 0.2) is 6.07 Å². The number of nitrogens with one attached hydrogen (secondary N) is 2. The number of carbonyl (C=O) groups excluding carboxylic acids is 1. The fourth-order valence-electron chi connectivity index (χ4n) is 2.71. The number of aromatic nitrogens is 2. The van der Waals surface area contributed by atoms with Gasteiger partial charge < -0.3 is 10.2 Å². The van der Waals surface area contributed by atoms with Gasteiger partial charge in [0.2, 0.25) is 0 Å². The number of hydrogen-bond acceptors (Lipinski definition) is 4. The Labute approximate surface area is 132 Å². The average molecular weight is 308 g/mol. The predicted octanol–water partition coefficient (Wildman–Crippen LogP) is 0.876. The first kappa shape index (κ1) is 16.8. The Morgan fingerprint density at radius 3 is 2.45 bits per heavy atom. The Balaban J connectivity index is 1.83. The lowest BCUT2D eigenvalue weighted by atomic mass is 10.0. The van der Waals surface area contributed by atoms with E-state index in [0.717, 1.165) is 31.9 Å². The number of nitrogens with zero attached hydrogens (tertiary/aromatic N) is 4. The van der Waals surface area contributed by atoms with Crippen LogP contribution < -0.4 is 10.6 Å². The minimum atomic E-state index is -0.190. The number of carbonyl (C=O) groups is 1. The van der Waals surface area contributed by atoms with E-state index in [4.69, 9.17) is 0 Å². The molecule has 1 aliphatic heterocycles. The maximum absolute atomic E-state index is 12.1. The highest BCUT2D eigenvalue weighted by molar-refractivity contribution is 5.88. The standard InChI is InChI=1S/C15H28N6O/c1-12-10-13(20(5)18-12)17-14(22)16-11-15(2,3)21-8-6-19(4)7-9-21/h10H,6-9,11H2,1-5H3,(H2,16,17,22). The highest BCUT2D eigenvalue weighted by Crippen LogP contribution is 2.16. The molecule has 0 spiro atoms. The van der Waals surface area contributed by atoms with Gasteiger partial charge in [0.25, 0.3) is 0 Å². The number of amides is 2. The molecule has 2 N–H and O–H groups in total. The van der Waals surface area contributed by atoms with Crippen molar-refractivity contribution >= 4 is 11.8 Å². The first-order chi connectivity index (χ1) is 10.3. The Morgan fingerprint density at radius 1 is 1.27 bits per heavy atom. The first-order valence-electron chi connectivity index (χ1n) is 7.77. The molecule has 1 aliphatic rings. The average Bonchev–Trinajstić information content (AvgIpc) is 2.75. The second kappa shape index (κ2) is 6.66. The molecule has 0 bridgehead atoms. The monoisotopic (exact) mass is 308 g/mol. The Morgan fingerprint density at radius 2 is 1.91 bits per heavy atom. The zero-order valence-electron chi connectivity index (χ0n) is 14.3. The molecule has 0 unspecified atom stereocenters. The molecule has 1 aromatic heterocycles. The molecule has 2 rings (SSSR count). The van der Waals surface area contributed by atoms with Gasteiger partial charge in [0.05, 0.1) is 5.69 Å². The van der Waals surface area contributed by atoms with Crippen molar-refractivity contribution in [2.75, 3.05) is 45.1 Å². The van der Waals surface area contributed by atoms with E-state index in [1.807, 2.05) is 20.0 Å². The van der Waals surface area contributed by atoms with Gasteiger partial charge in [0, 0.05) is 51.4 Å². The molecule has 1 aromatic rings. The summed E-state index contributed by atoms with van der Waals surface area (Å²) in [7, 11) is 3.96. The lowest BCUT2D eigenvalue weighted by Gasteiger charge is -2.43. The van der Waals surface area contributed by atoms with Crippen LogP contribution in [0.5, 0.6) is 0 Å². The topological polar surface area (TPSA) is 65.4 Å². The Bertz CT molecular complexity index is 516. The van der Waals surface area contributed by atoms with Gasteiger partial charge in [-0.05, 0) is 27.8 Å². The summed E-state index contributed by atoms with van der Waals surface area (Å²) in [5, 5.41) is 10.0. The number of rotatable bonds is 4. The number of aryl methyl sites for hydroxylation is 2. The number of urea groups is 1. The van der Waals surface area contributed by atoms with E-state index in [1.165, 1.54) is 0 Å². The van der Waals surface area contributed by atoms with Crippen LogP contribution in [0.25, 0.3) is 0 Å². The van der Waals surface area contributed by atoms with Crippen LogP contribution in [0.1, 0.15) is 19.5 Å². The van der Waals surface area contributed by atoms with Gasteiger partial charge in [-0.15, -0.1) is 0 Å². The quantitative estimate of drug-likeness (QED) is 0.866. The molecule has 1 fully saturated rings. The van der Waals surface area contributed by atoms with E-state index in [2.05, 4.69) is 46.4 Å². The summed E-state index contributed by atoms with van der Waals surface area (Å²) in [6.45, 7) is 11.1. The van der Waals surface area contributed by atoms with Crippen molar-refractivity contribution in [1.82, 2.24) is 24.9 Å². The molecule has 1 saturated heterocycles. The van der Waals surface area contributed by atoms with Crippen LogP contribution in [0.2, 0.25) is 0 Å². The molecule has 0 aliphatic carbocycles. The highest BCUT2D eigenvalue weighted by atomic mass is 16.2. The minimum absolute atomic E-state index is 0.0546. The second-order valence-electron chi connectivity index (χ2n) is 6.71. The third-order valence-electron chi connectivity index (χ3n) is 4.28. The zero-order valence-corrected chi connectivity index (χ0v) is 14.3. The molecule has 0 saturated carbocycles. The van der Waals surface area contributed by atoms with E-state index >= 15 is 0 Å². The van der Waals surface area contributed by atoms with E-state index in [9.17, 15) is 4.79 Å². The van der Waals surface area contributed by atoms with Crippen molar-refractivity contribution in [1.29, 1.82) is 0 Å². The number of anilines is 1. The number of hydrogen-bond donors (Lipinski definition) is 2. The van der Waals surface area contributed by atoms with Crippen molar-refractivity contribution < 1.29 is 4.79 Å². The van der Waals surface area contributed by atoms with Crippen molar-refractivity contribution in [3.8, 4) is 0 Å². The van der Waals surface area contributed by atoms with Gasteiger partial charge in [0.1, 0.15) is 5.82 Å². The van der Waals surface area contributed by atoms with Crippen molar-refractivity contribution in [2.24, 2.45) is 7.05 Å². The maximum atomic E-state index is 12.1. The van der Waals surface area contributed by atoms with Gasteiger partial charge >= 0.3 is 6.03 Å². The first-order valence-corrected chi connectivity index (χ1v) is 7.77. The number of piperazine rings is 1. The summed E-state index contributed by atoms with van der Waals surface area (Å²) in [5.74, 6) is 0.701. The fraction of sp³-hybridized carbons (Fsp3) is 0.733. The molecular weight excluding hydrogens is 280 g/mol. The molecule has 2 amide bonds. The SMILES string of the molecule is Cc1cc(NC(=O)NCC(C)(C)N2CCN(C)CC2)n(C)n1. The lowest BCUT2D eigenvalue weighted by Crippen LogP contribution is -2.58. The molecule has 0 atom stereocenters. The van der Waals surface area contributed by atoms with Crippen LogP contribution >= 0.6 is 0 Å². The second-order valence-corrected chi connectivity index (χ2v) is 6.71. The van der Waals surface area contributed by atoms with Crippen LogP contribution in [-0.2, 0) is 7.05 Å². The van der Waals surface area contributed by atoms with Gasteiger partial charge in [-0.3, -0.25) is 14.9 Å². The molecule has 2 heterocycles. The van der Waals surface area contributed by atoms with Gasteiger partial charge in [-0.2, -0.15) is 5.10 Å². The predicted molar refractivity (Wildman–Crippen MR) is 88.1 cm³/mol. The summed E-state index contributed by atoms with van der Waals surface area (Å²) >= 11 is 0. The summed E-state index contributed by atoms with van der Waals surface area (Å²) in [6.07, 6.45) is 0. The molecule has 7 nitrogen and oxygen atoms in total. The lowest BCUT2D eigenvalue weighted by molar-refractivity contribution is 0.0636. The largest absolute Gasteiger partial charge is 0.336 e. The van der Waals surface area contributed by atoms with Crippen molar-refractivity contribution in [2.45, 2.75) is 26.3 Å². The Hall–Kier alpha value is -1.60. The molecule has 0 aromatic carbocycles. The summed E-state index contributed by atoms with van der Waals surface area (Å²) < 4.78 is 1.67. The van der Waals surface area contributed by atoms with Gasteiger partial charge in [-0.25, -0.2) is 4.79 Å². The zero-order chi connectivity index (χ0) is 16.3. The van der Waals surface area contributed by atoms with Crippen LogP contribution in [0.3, 0.4) is 0 Å². The summed E-state index contributed by atoms with van der Waals surface area (Å²) in [6, 6.07) is 1.66. The van der Waals surface area contributed by atoms with E-state index < -0.39 is 0 Å². The van der Waals surface area contributed by atoms with E-state index in [0.29, 0.717) is 12.4 Å². The van der Waals surface area contributed by atoms with Crippen molar-refractivity contribution in [3.05, 3.63) is 11.8 Å². The smallest absolute Gasteiger partial charge is 0.320 e. The summed E-state index contributed by atoms with van der Waals surface area (Å²) in [5.41, 5.74) is 0.830. The Kier molecular flexibility index (Phi) is 5.08. The van der Waals surface area contributed by atoms with Crippen LogP contribution in [0, 0.1) is 6.92 Å². The third kappa shape index (κ3) is 4.20. The normalized spacial score (nSPS) is 17.5. The number of likely N-dealkylation sites (N-methyl/N-ethyl adjacent to an activating group) is 1. The van der Waals surface area contributed by atoms with Crippen molar-refractivity contribution in [3.63, 3.8) is 0 Å². The molecular formula is C15H28N6O. The van der Waals surface area contributed by atoms with Gasteiger partial charge in [-0.1, -0.05) is 0 Å². The maximum Gasteiger partial charge on any atom is 0.320 e.